The molecule has 3 aromatic rings. The van der Waals surface area contributed by atoms with Crippen LogP contribution in [0.1, 0.15) is 48.4 Å². The minimum Gasteiger partial charge on any atom is -0.444 e. The second kappa shape index (κ2) is 9.22. The zero-order chi connectivity index (χ0) is 21.6. The molecule has 0 aliphatic carbocycles. The zero-order valence-corrected chi connectivity index (χ0v) is 17.3. The Kier molecular flexibility index (Phi) is 6.47. The van der Waals surface area contributed by atoms with E-state index in [2.05, 4.69) is 15.6 Å². The Morgan fingerprint density at radius 3 is 2.33 bits per heavy atom. The van der Waals surface area contributed by atoms with Crippen LogP contribution < -0.4 is 10.6 Å². The highest BCUT2D eigenvalue weighted by Gasteiger charge is 2.20. The SMILES string of the molecule is CC(C)(C)OC(=O)Nc1cccc(C(=O)NC(c2ccccc2)c2ccccn2)c1. The quantitative estimate of drug-likeness (QED) is 0.632. The second-order valence-electron chi connectivity index (χ2n) is 7.78. The Labute approximate surface area is 176 Å². The number of amides is 2. The van der Waals surface area contributed by atoms with Crippen molar-refractivity contribution >= 4 is 17.7 Å². The molecule has 0 saturated carbocycles. The molecule has 154 valence electrons. The van der Waals surface area contributed by atoms with E-state index < -0.39 is 17.7 Å². The lowest BCUT2D eigenvalue weighted by atomic mass is 10.0. The standard InChI is InChI=1S/C24H25N3O3/c1-24(2,3)30-23(29)26-19-13-9-12-18(16-19)22(28)27-21(17-10-5-4-6-11-17)20-14-7-8-15-25-20/h4-16,21H,1-3H3,(H,26,29)(H,27,28). The van der Waals surface area contributed by atoms with Gasteiger partial charge >= 0.3 is 6.09 Å². The van der Waals surface area contributed by atoms with Crippen LogP contribution in [-0.2, 0) is 4.74 Å². The molecule has 0 aliphatic rings. The van der Waals surface area contributed by atoms with E-state index in [1.54, 1.807) is 51.2 Å². The minimum atomic E-state index is -0.606. The molecule has 0 spiro atoms. The molecule has 0 saturated heterocycles. The number of ether oxygens (including phenoxy) is 1. The Bertz CT molecular complexity index is 959. The van der Waals surface area contributed by atoms with Crippen LogP contribution in [0, 0.1) is 0 Å². The van der Waals surface area contributed by atoms with Crippen molar-refractivity contribution in [2.24, 2.45) is 0 Å². The van der Waals surface area contributed by atoms with E-state index in [9.17, 15) is 9.59 Å². The first-order chi connectivity index (χ1) is 14.3. The number of hydrogen-bond donors (Lipinski definition) is 2. The smallest absolute Gasteiger partial charge is 0.412 e. The Morgan fingerprint density at radius 2 is 1.67 bits per heavy atom. The topological polar surface area (TPSA) is 80.3 Å². The average Bonchev–Trinajstić information content (AvgIpc) is 2.72. The molecule has 1 atom stereocenters. The first-order valence-electron chi connectivity index (χ1n) is 9.69. The van der Waals surface area contributed by atoms with Gasteiger partial charge in [-0.25, -0.2) is 4.79 Å². The third-order valence-corrected chi connectivity index (χ3v) is 4.16. The van der Waals surface area contributed by atoms with Gasteiger partial charge in [0.05, 0.1) is 11.7 Å². The van der Waals surface area contributed by atoms with E-state index in [0.717, 1.165) is 11.3 Å². The van der Waals surface area contributed by atoms with Crippen LogP contribution in [0.3, 0.4) is 0 Å². The molecule has 0 bridgehead atoms. The number of anilines is 1. The molecule has 0 fully saturated rings. The number of hydrogen-bond acceptors (Lipinski definition) is 4. The number of aromatic nitrogens is 1. The van der Waals surface area contributed by atoms with Crippen LogP contribution in [0.2, 0.25) is 0 Å². The number of pyridine rings is 1. The zero-order valence-electron chi connectivity index (χ0n) is 17.3. The van der Waals surface area contributed by atoms with Crippen LogP contribution in [0.5, 0.6) is 0 Å². The van der Waals surface area contributed by atoms with Crippen molar-refractivity contribution in [3.05, 3.63) is 95.8 Å². The summed E-state index contributed by atoms with van der Waals surface area (Å²) in [5, 5.41) is 5.70. The fraction of sp³-hybridized carbons (Fsp3) is 0.208. The summed E-state index contributed by atoms with van der Waals surface area (Å²) >= 11 is 0. The van der Waals surface area contributed by atoms with Crippen LogP contribution in [0.15, 0.2) is 79.0 Å². The Morgan fingerprint density at radius 1 is 0.933 bits per heavy atom. The number of carbonyl (C=O) groups excluding carboxylic acids is 2. The molecule has 3 rings (SSSR count). The summed E-state index contributed by atoms with van der Waals surface area (Å²) in [6.45, 7) is 5.37. The van der Waals surface area contributed by atoms with Gasteiger partial charge in [0.15, 0.2) is 0 Å². The maximum atomic E-state index is 13.0. The van der Waals surface area contributed by atoms with Crippen LogP contribution in [0.4, 0.5) is 10.5 Å². The fourth-order valence-corrected chi connectivity index (χ4v) is 2.89. The summed E-state index contributed by atoms with van der Waals surface area (Å²) in [5.74, 6) is -0.276. The summed E-state index contributed by atoms with van der Waals surface area (Å²) in [4.78, 5) is 29.4. The Hall–Kier alpha value is -3.67. The summed E-state index contributed by atoms with van der Waals surface area (Å²) in [5.41, 5.74) is 1.95. The van der Waals surface area contributed by atoms with Gasteiger partial charge in [0, 0.05) is 17.4 Å². The van der Waals surface area contributed by atoms with Gasteiger partial charge in [-0.15, -0.1) is 0 Å². The molecular weight excluding hydrogens is 378 g/mol. The Balaban J connectivity index is 1.79. The van der Waals surface area contributed by atoms with Gasteiger partial charge in [-0.1, -0.05) is 42.5 Å². The largest absolute Gasteiger partial charge is 0.444 e. The van der Waals surface area contributed by atoms with E-state index >= 15 is 0 Å². The minimum absolute atomic E-state index is 0.276. The maximum Gasteiger partial charge on any atom is 0.412 e. The lowest BCUT2D eigenvalue weighted by molar-refractivity contribution is 0.0635. The summed E-state index contributed by atoms with van der Waals surface area (Å²) in [7, 11) is 0. The molecule has 2 N–H and O–H groups in total. The van der Waals surface area contributed by atoms with Crippen LogP contribution >= 0.6 is 0 Å². The van der Waals surface area contributed by atoms with Crippen molar-refractivity contribution in [2.45, 2.75) is 32.4 Å². The van der Waals surface area contributed by atoms with Gasteiger partial charge < -0.3 is 10.1 Å². The monoisotopic (exact) mass is 403 g/mol. The summed E-state index contributed by atoms with van der Waals surface area (Å²) in [6.07, 6.45) is 1.12. The molecule has 1 heterocycles. The molecule has 2 amide bonds. The molecule has 2 aromatic carbocycles. The molecule has 0 aliphatic heterocycles. The highest BCUT2D eigenvalue weighted by atomic mass is 16.6. The number of rotatable bonds is 5. The van der Waals surface area contributed by atoms with Gasteiger partial charge in [0.1, 0.15) is 5.60 Å². The predicted molar refractivity (Wildman–Crippen MR) is 116 cm³/mol. The average molecular weight is 403 g/mol. The van der Waals surface area contributed by atoms with Crippen molar-refractivity contribution in [1.29, 1.82) is 0 Å². The van der Waals surface area contributed by atoms with Crippen molar-refractivity contribution in [3.8, 4) is 0 Å². The lowest BCUT2D eigenvalue weighted by Gasteiger charge is -2.20. The first kappa shape index (κ1) is 21.0. The molecule has 6 nitrogen and oxygen atoms in total. The molecule has 1 aromatic heterocycles. The molecule has 0 radical (unpaired) electrons. The van der Waals surface area contributed by atoms with E-state index in [1.165, 1.54) is 0 Å². The van der Waals surface area contributed by atoms with Crippen molar-refractivity contribution in [1.82, 2.24) is 10.3 Å². The normalized spacial score (nSPS) is 12.0. The van der Waals surface area contributed by atoms with Gasteiger partial charge in [-0.05, 0) is 56.7 Å². The maximum absolute atomic E-state index is 13.0. The van der Waals surface area contributed by atoms with E-state index in [0.29, 0.717) is 11.3 Å². The highest BCUT2D eigenvalue weighted by molar-refractivity contribution is 5.96. The van der Waals surface area contributed by atoms with E-state index in [-0.39, 0.29) is 5.91 Å². The number of nitrogens with one attached hydrogen (secondary N) is 2. The van der Waals surface area contributed by atoms with Crippen molar-refractivity contribution < 1.29 is 14.3 Å². The van der Waals surface area contributed by atoms with Crippen LogP contribution in [-0.4, -0.2) is 22.6 Å². The van der Waals surface area contributed by atoms with Crippen LogP contribution in [0.25, 0.3) is 0 Å². The first-order valence-corrected chi connectivity index (χ1v) is 9.69. The van der Waals surface area contributed by atoms with Crippen molar-refractivity contribution in [2.75, 3.05) is 5.32 Å². The molecular formula is C24H25N3O3. The van der Waals surface area contributed by atoms with Crippen molar-refractivity contribution in [3.63, 3.8) is 0 Å². The number of carbonyl (C=O) groups is 2. The second-order valence-corrected chi connectivity index (χ2v) is 7.78. The molecule has 1 unspecified atom stereocenters. The highest BCUT2D eigenvalue weighted by Crippen LogP contribution is 2.21. The van der Waals surface area contributed by atoms with Gasteiger partial charge in [0.2, 0.25) is 0 Å². The van der Waals surface area contributed by atoms with Gasteiger partial charge in [-0.2, -0.15) is 0 Å². The molecule has 6 heteroatoms. The summed E-state index contributed by atoms with van der Waals surface area (Å²) < 4.78 is 5.26. The summed E-state index contributed by atoms with van der Waals surface area (Å²) in [6, 6.07) is 21.6. The van der Waals surface area contributed by atoms with Gasteiger partial charge in [-0.3, -0.25) is 15.1 Å². The van der Waals surface area contributed by atoms with E-state index in [4.69, 9.17) is 4.74 Å². The number of benzene rings is 2. The van der Waals surface area contributed by atoms with Gasteiger partial charge in [0.25, 0.3) is 5.91 Å². The number of nitrogens with zero attached hydrogens (tertiary/aromatic N) is 1. The lowest BCUT2D eigenvalue weighted by Crippen LogP contribution is -2.30. The molecule has 30 heavy (non-hydrogen) atoms. The van der Waals surface area contributed by atoms with E-state index in [1.807, 2.05) is 48.5 Å². The fourth-order valence-electron chi connectivity index (χ4n) is 2.89. The predicted octanol–water partition coefficient (Wildman–Crippen LogP) is 4.95. The third kappa shape index (κ3) is 5.91. The third-order valence-electron chi connectivity index (χ3n) is 4.16.